The van der Waals surface area contributed by atoms with Gasteiger partial charge in [-0.1, -0.05) is 89.7 Å². The first-order chi connectivity index (χ1) is 12.8. The number of nitrogens with one attached hydrogen (secondary N) is 1. The molecule has 0 unspecified atom stereocenters. The van der Waals surface area contributed by atoms with Crippen LogP contribution >= 0.6 is 11.3 Å². The van der Waals surface area contributed by atoms with Crippen LogP contribution in [0.2, 0.25) is 0 Å². The number of thiazole rings is 1. The Balaban J connectivity index is 0.00000210. The largest absolute Gasteiger partial charge is 1.00 e. The highest BCUT2D eigenvalue weighted by Crippen LogP contribution is 2.26. The smallest absolute Gasteiger partial charge is 0.339 e. The highest BCUT2D eigenvalue weighted by molar-refractivity contribution is 7.13. The van der Waals surface area contributed by atoms with E-state index in [4.69, 9.17) is 0 Å². The van der Waals surface area contributed by atoms with Crippen LogP contribution in [0.5, 0.6) is 0 Å². The average molecular weight is 437 g/mol. The van der Waals surface area contributed by atoms with Gasteiger partial charge >= 0.3 is 5.13 Å². The van der Waals surface area contributed by atoms with E-state index in [1.54, 1.807) is 11.3 Å². The lowest BCUT2D eigenvalue weighted by atomic mass is 10.1. The molecule has 27 heavy (non-hydrogen) atoms. The van der Waals surface area contributed by atoms with Gasteiger partial charge in [-0.3, -0.25) is 0 Å². The van der Waals surface area contributed by atoms with Crippen molar-refractivity contribution >= 4 is 22.2 Å². The van der Waals surface area contributed by atoms with E-state index in [1.165, 1.54) is 22.4 Å². The van der Waals surface area contributed by atoms with Crippen LogP contribution in [0.15, 0.2) is 90.3 Å². The zero-order valence-corrected chi connectivity index (χ0v) is 17.5. The van der Waals surface area contributed by atoms with Crippen molar-refractivity contribution in [2.45, 2.75) is 13.5 Å². The molecule has 0 atom stereocenters. The molecule has 0 bridgehead atoms. The Labute approximate surface area is 174 Å². The fraction of sp³-hybridized carbons (Fsp3) is 0.0870. The van der Waals surface area contributed by atoms with Gasteiger partial charge in [0.05, 0.1) is 0 Å². The third-order valence-corrected chi connectivity index (χ3v) is 5.26. The van der Waals surface area contributed by atoms with E-state index >= 15 is 0 Å². The van der Waals surface area contributed by atoms with Crippen molar-refractivity contribution < 1.29 is 21.5 Å². The molecule has 0 saturated carbocycles. The molecule has 0 aliphatic carbocycles. The molecule has 0 saturated heterocycles. The SMILES string of the molecule is Cc1ccc(-c2csc(Nc3ccccc3)[n+]2Cc2ccccc2)cc1.[Br-]. The number of nitrogens with zero attached hydrogens (tertiary/aromatic N) is 1. The lowest BCUT2D eigenvalue weighted by molar-refractivity contribution is -0.659. The molecule has 1 N–H and O–H groups in total. The summed E-state index contributed by atoms with van der Waals surface area (Å²) in [5.41, 5.74) is 6.15. The third kappa shape index (κ3) is 4.65. The minimum absolute atomic E-state index is 0. The van der Waals surface area contributed by atoms with Crippen molar-refractivity contribution in [3.63, 3.8) is 0 Å². The Hall–Kier alpha value is -2.43. The molecular weight excluding hydrogens is 416 g/mol. The standard InChI is InChI=1S/C23H20N2S.BrH/c1-18-12-14-20(15-13-18)22-17-26-23(24-21-10-6-3-7-11-21)25(22)16-19-8-4-2-5-9-19;/h2-15,17H,16H2,1H3;1H. The third-order valence-electron chi connectivity index (χ3n) is 4.37. The molecule has 0 aliphatic rings. The van der Waals surface area contributed by atoms with E-state index < -0.39 is 0 Å². The van der Waals surface area contributed by atoms with Crippen LogP contribution in [0, 0.1) is 6.92 Å². The molecule has 1 aromatic heterocycles. The average Bonchev–Trinajstić information content (AvgIpc) is 3.06. The summed E-state index contributed by atoms with van der Waals surface area (Å²) in [6.45, 7) is 2.96. The number of rotatable bonds is 5. The summed E-state index contributed by atoms with van der Waals surface area (Å²) in [5.74, 6) is 0. The van der Waals surface area contributed by atoms with Gasteiger partial charge in [-0.25, -0.2) is 9.88 Å². The van der Waals surface area contributed by atoms with E-state index in [-0.39, 0.29) is 17.0 Å². The van der Waals surface area contributed by atoms with Gasteiger partial charge in [0.25, 0.3) is 0 Å². The predicted octanol–water partition coefficient (Wildman–Crippen LogP) is 2.81. The summed E-state index contributed by atoms with van der Waals surface area (Å²) in [7, 11) is 0. The topological polar surface area (TPSA) is 15.9 Å². The molecule has 0 aliphatic heterocycles. The number of aromatic nitrogens is 1. The lowest BCUT2D eigenvalue weighted by Crippen LogP contribution is -3.00. The summed E-state index contributed by atoms with van der Waals surface area (Å²) < 4.78 is 2.36. The number of halogens is 1. The predicted molar refractivity (Wildman–Crippen MR) is 110 cm³/mol. The molecule has 0 fully saturated rings. The Bertz CT molecular complexity index is 980. The highest BCUT2D eigenvalue weighted by atomic mass is 79.9. The normalized spacial score (nSPS) is 10.3. The van der Waals surface area contributed by atoms with Gasteiger partial charge in [-0.05, 0) is 24.6 Å². The van der Waals surface area contributed by atoms with Gasteiger partial charge in [0.2, 0.25) is 0 Å². The van der Waals surface area contributed by atoms with Crippen LogP contribution in [-0.4, -0.2) is 0 Å². The summed E-state index contributed by atoms with van der Waals surface area (Å²) >= 11 is 1.74. The molecule has 3 aromatic carbocycles. The Morgan fingerprint density at radius 3 is 2.11 bits per heavy atom. The summed E-state index contributed by atoms with van der Waals surface area (Å²) in [4.78, 5) is 0. The second-order valence-electron chi connectivity index (χ2n) is 6.35. The van der Waals surface area contributed by atoms with Gasteiger partial charge < -0.3 is 17.0 Å². The summed E-state index contributed by atoms with van der Waals surface area (Å²) in [6.07, 6.45) is 0. The van der Waals surface area contributed by atoms with Crippen molar-refractivity contribution in [1.29, 1.82) is 0 Å². The summed E-state index contributed by atoms with van der Waals surface area (Å²) in [6, 6.07) is 29.7. The minimum Gasteiger partial charge on any atom is -1.00 e. The fourth-order valence-corrected chi connectivity index (χ4v) is 3.91. The fourth-order valence-electron chi connectivity index (χ4n) is 2.96. The van der Waals surface area contributed by atoms with Crippen molar-refractivity contribution in [2.24, 2.45) is 0 Å². The molecule has 2 nitrogen and oxygen atoms in total. The number of benzene rings is 3. The first-order valence-corrected chi connectivity index (χ1v) is 9.62. The number of hydrogen-bond acceptors (Lipinski definition) is 2. The molecule has 0 amide bonds. The lowest BCUT2D eigenvalue weighted by Gasteiger charge is -2.07. The van der Waals surface area contributed by atoms with Crippen LogP contribution in [0.25, 0.3) is 11.3 Å². The number of hydrogen-bond donors (Lipinski definition) is 1. The van der Waals surface area contributed by atoms with Crippen molar-refractivity contribution in [3.05, 3.63) is 101 Å². The molecule has 4 aromatic rings. The van der Waals surface area contributed by atoms with Crippen LogP contribution < -0.4 is 26.9 Å². The van der Waals surface area contributed by atoms with Crippen molar-refractivity contribution in [3.8, 4) is 11.3 Å². The van der Waals surface area contributed by atoms with E-state index in [0.29, 0.717) is 0 Å². The van der Waals surface area contributed by atoms with Crippen molar-refractivity contribution in [1.82, 2.24) is 0 Å². The van der Waals surface area contributed by atoms with Gasteiger partial charge in [0.15, 0.2) is 0 Å². The zero-order valence-electron chi connectivity index (χ0n) is 15.1. The van der Waals surface area contributed by atoms with E-state index in [2.05, 4.69) is 101 Å². The molecule has 1 heterocycles. The summed E-state index contributed by atoms with van der Waals surface area (Å²) in [5, 5.41) is 6.95. The monoisotopic (exact) mass is 436 g/mol. The number of aryl methyl sites for hydroxylation is 1. The number of para-hydroxylation sites is 1. The van der Waals surface area contributed by atoms with Crippen molar-refractivity contribution in [2.75, 3.05) is 5.32 Å². The maximum Gasteiger partial charge on any atom is 0.339 e. The molecular formula is C23H21BrN2S. The Morgan fingerprint density at radius 2 is 1.44 bits per heavy atom. The Morgan fingerprint density at radius 1 is 0.815 bits per heavy atom. The zero-order chi connectivity index (χ0) is 17.8. The maximum absolute atomic E-state index is 3.58. The molecule has 0 radical (unpaired) electrons. The van der Waals surface area contributed by atoms with Crippen LogP contribution in [0.1, 0.15) is 11.1 Å². The second-order valence-corrected chi connectivity index (χ2v) is 7.21. The second kappa shape index (κ2) is 8.98. The molecule has 136 valence electrons. The quantitative estimate of drug-likeness (QED) is 0.475. The van der Waals surface area contributed by atoms with E-state index in [0.717, 1.165) is 17.4 Å². The van der Waals surface area contributed by atoms with Gasteiger partial charge in [0.1, 0.15) is 17.9 Å². The molecule has 4 rings (SSSR count). The Kier molecular flexibility index (Phi) is 6.43. The minimum atomic E-state index is 0. The van der Waals surface area contributed by atoms with Gasteiger partial charge in [0, 0.05) is 10.9 Å². The van der Waals surface area contributed by atoms with Gasteiger partial charge in [-0.2, -0.15) is 0 Å². The highest BCUT2D eigenvalue weighted by Gasteiger charge is 2.20. The first-order valence-electron chi connectivity index (χ1n) is 8.74. The van der Waals surface area contributed by atoms with Crippen LogP contribution in [0.3, 0.4) is 0 Å². The maximum atomic E-state index is 3.58. The van der Waals surface area contributed by atoms with Crippen LogP contribution in [0.4, 0.5) is 10.8 Å². The van der Waals surface area contributed by atoms with Crippen LogP contribution in [-0.2, 0) is 6.54 Å². The molecule has 4 heteroatoms. The molecule has 0 spiro atoms. The van der Waals surface area contributed by atoms with Gasteiger partial charge in [-0.15, -0.1) is 0 Å². The number of anilines is 2. The first kappa shape index (κ1) is 19.3. The van der Waals surface area contributed by atoms with E-state index in [9.17, 15) is 0 Å². The van der Waals surface area contributed by atoms with E-state index in [1.807, 2.05) is 6.07 Å².